The van der Waals surface area contributed by atoms with E-state index in [0.717, 1.165) is 25.1 Å². The summed E-state index contributed by atoms with van der Waals surface area (Å²) in [6.45, 7) is 5.30. The van der Waals surface area contributed by atoms with E-state index in [1.807, 2.05) is 19.1 Å². The van der Waals surface area contributed by atoms with Crippen molar-refractivity contribution in [2.75, 3.05) is 25.0 Å². The van der Waals surface area contributed by atoms with E-state index in [1.54, 1.807) is 6.07 Å². The summed E-state index contributed by atoms with van der Waals surface area (Å²) in [5.74, 6) is 0.634. The summed E-state index contributed by atoms with van der Waals surface area (Å²) in [4.78, 5) is 13.3. The van der Waals surface area contributed by atoms with Gasteiger partial charge in [-0.05, 0) is 43.9 Å². The minimum atomic E-state index is -0.293. The fraction of sp³-hybridized carbons (Fsp3) is 0.571. The first kappa shape index (κ1) is 12.4. The van der Waals surface area contributed by atoms with Crippen LogP contribution in [0.4, 0.5) is 11.4 Å². The highest BCUT2D eigenvalue weighted by Gasteiger charge is 2.34. The third-order valence-electron chi connectivity index (χ3n) is 4.33. The van der Waals surface area contributed by atoms with Crippen LogP contribution in [0.2, 0.25) is 0 Å². The molecule has 3 rings (SSSR count). The molecule has 0 radical (unpaired) electrons. The van der Waals surface area contributed by atoms with Gasteiger partial charge in [-0.3, -0.25) is 10.1 Å². The SMILES string of the molecule is Cc1ccc(NC2CCN3CCC2C3)c([N+](=O)[O-])c1. The molecule has 0 amide bonds. The molecule has 1 aromatic rings. The van der Waals surface area contributed by atoms with Crippen molar-refractivity contribution in [3.05, 3.63) is 33.9 Å². The molecule has 2 saturated heterocycles. The predicted octanol–water partition coefficient (Wildman–Crippen LogP) is 2.41. The Morgan fingerprint density at radius 2 is 2.16 bits per heavy atom. The van der Waals surface area contributed by atoms with E-state index in [0.29, 0.717) is 17.6 Å². The number of nitrogens with one attached hydrogen (secondary N) is 1. The van der Waals surface area contributed by atoms with Crippen molar-refractivity contribution in [2.45, 2.75) is 25.8 Å². The van der Waals surface area contributed by atoms with Gasteiger partial charge in [-0.15, -0.1) is 0 Å². The van der Waals surface area contributed by atoms with Gasteiger partial charge in [0.1, 0.15) is 5.69 Å². The summed E-state index contributed by atoms with van der Waals surface area (Å²) >= 11 is 0. The minimum Gasteiger partial charge on any atom is -0.376 e. The lowest BCUT2D eigenvalue weighted by Crippen LogP contribution is -2.39. The maximum absolute atomic E-state index is 11.1. The lowest BCUT2D eigenvalue weighted by Gasteiger charge is -2.31. The summed E-state index contributed by atoms with van der Waals surface area (Å²) in [7, 11) is 0. The maximum Gasteiger partial charge on any atom is 0.292 e. The Hall–Kier alpha value is -1.62. The molecule has 102 valence electrons. The monoisotopic (exact) mass is 261 g/mol. The average Bonchev–Trinajstić information content (AvgIpc) is 2.77. The van der Waals surface area contributed by atoms with Crippen molar-refractivity contribution in [1.29, 1.82) is 0 Å². The number of nitro benzene ring substituents is 1. The Labute approximate surface area is 112 Å². The van der Waals surface area contributed by atoms with Gasteiger partial charge in [-0.1, -0.05) is 6.07 Å². The second-order valence-corrected chi connectivity index (χ2v) is 5.67. The van der Waals surface area contributed by atoms with Crippen LogP contribution in [-0.2, 0) is 0 Å². The molecule has 0 saturated carbocycles. The molecular weight excluding hydrogens is 242 g/mol. The van der Waals surface area contributed by atoms with Crippen LogP contribution in [0, 0.1) is 23.0 Å². The molecule has 2 aliphatic rings. The van der Waals surface area contributed by atoms with Crippen LogP contribution in [0.5, 0.6) is 0 Å². The standard InChI is InChI=1S/C14H19N3O2/c1-10-2-3-13(14(8-10)17(18)19)15-12-5-7-16-6-4-11(12)9-16/h2-3,8,11-12,15H,4-7,9H2,1H3. The molecule has 2 aliphatic heterocycles. The molecule has 0 spiro atoms. The van der Waals surface area contributed by atoms with Crippen LogP contribution < -0.4 is 5.32 Å². The van der Waals surface area contributed by atoms with Gasteiger partial charge in [0.15, 0.2) is 0 Å². The number of fused-ring (bicyclic) bond motifs is 2. The van der Waals surface area contributed by atoms with Gasteiger partial charge in [-0.25, -0.2) is 0 Å². The normalized spacial score (nSPS) is 29.2. The van der Waals surface area contributed by atoms with Gasteiger partial charge in [0.2, 0.25) is 0 Å². The summed E-state index contributed by atoms with van der Waals surface area (Å²) in [5.41, 5.74) is 1.79. The summed E-state index contributed by atoms with van der Waals surface area (Å²) in [5, 5.41) is 14.5. The van der Waals surface area contributed by atoms with Gasteiger partial charge in [0, 0.05) is 25.2 Å². The quantitative estimate of drug-likeness (QED) is 0.670. The second kappa shape index (κ2) is 4.81. The van der Waals surface area contributed by atoms with Crippen molar-refractivity contribution >= 4 is 11.4 Å². The van der Waals surface area contributed by atoms with E-state index in [2.05, 4.69) is 10.2 Å². The summed E-state index contributed by atoms with van der Waals surface area (Å²) in [6.07, 6.45) is 2.28. The number of hydrogen-bond donors (Lipinski definition) is 1. The Bertz CT molecular complexity index is 503. The molecule has 1 N–H and O–H groups in total. The minimum absolute atomic E-state index is 0.195. The fourth-order valence-corrected chi connectivity index (χ4v) is 3.26. The third-order valence-corrected chi connectivity index (χ3v) is 4.33. The molecule has 0 aromatic heterocycles. The van der Waals surface area contributed by atoms with Gasteiger partial charge in [0.25, 0.3) is 5.69 Å². The van der Waals surface area contributed by atoms with Crippen LogP contribution in [0.3, 0.4) is 0 Å². The number of rotatable bonds is 3. The topological polar surface area (TPSA) is 58.4 Å². The van der Waals surface area contributed by atoms with Gasteiger partial charge in [-0.2, -0.15) is 0 Å². The first-order valence-electron chi connectivity index (χ1n) is 6.87. The Balaban J connectivity index is 1.81. The molecule has 5 nitrogen and oxygen atoms in total. The number of nitrogens with zero attached hydrogens (tertiary/aromatic N) is 2. The van der Waals surface area contributed by atoms with Crippen LogP contribution in [0.15, 0.2) is 18.2 Å². The highest BCUT2D eigenvalue weighted by Crippen LogP contribution is 2.32. The molecule has 2 fully saturated rings. The van der Waals surface area contributed by atoms with Gasteiger partial charge >= 0.3 is 0 Å². The average molecular weight is 261 g/mol. The van der Waals surface area contributed by atoms with E-state index in [4.69, 9.17) is 0 Å². The summed E-state index contributed by atoms with van der Waals surface area (Å²) < 4.78 is 0. The largest absolute Gasteiger partial charge is 0.376 e. The van der Waals surface area contributed by atoms with E-state index in [1.165, 1.54) is 13.0 Å². The predicted molar refractivity (Wildman–Crippen MR) is 74.4 cm³/mol. The zero-order valence-corrected chi connectivity index (χ0v) is 11.1. The fourth-order valence-electron chi connectivity index (χ4n) is 3.26. The van der Waals surface area contributed by atoms with E-state index >= 15 is 0 Å². The van der Waals surface area contributed by atoms with E-state index in [-0.39, 0.29) is 10.6 Å². The number of piperidine rings is 1. The zero-order valence-electron chi connectivity index (χ0n) is 11.1. The van der Waals surface area contributed by atoms with Crippen LogP contribution in [-0.4, -0.2) is 35.5 Å². The van der Waals surface area contributed by atoms with Crippen molar-refractivity contribution in [3.63, 3.8) is 0 Å². The summed E-state index contributed by atoms with van der Waals surface area (Å²) in [6, 6.07) is 5.79. The number of anilines is 1. The van der Waals surface area contributed by atoms with Crippen molar-refractivity contribution < 1.29 is 4.92 Å². The molecule has 5 heteroatoms. The maximum atomic E-state index is 11.1. The molecule has 3 atom stereocenters. The molecule has 2 heterocycles. The molecule has 0 aliphatic carbocycles. The smallest absolute Gasteiger partial charge is 0.292 e. The van der Waals surface area contributed by atoms with Crippen LogP contribution in [0.25, 0.3) is 0 Å². The second-order valence-electron chi connectivity index (χ2n) is 5.67. The molecule has 19 heavy (non-hydrogen) atoms. The van der Waals surface area contributed by atoms with Gasteiger partial charge in [0.05, 0.1) is 4.92 Å². The first-order valence-corrected chi connectivity index (χ1v) is 6.87. The molecule has 1 aromatic carbocycles. The first-order chi connectivity index (χ1) is 9.13. The number of hydrogen-bond acceptors (Lipinski definition) is 4. The van der Waals surface area contributed by atoms with Gasteiger partial charge < -0.3 is 10.2 Å². The Kier molecular flexibility index (Phi) is 3.14. The van der Waals surface area contributed by atoms with Crippen LogP contribution >= 0.6 is 0 Å². The molecular formula is C14H19N3O2. The van der Waals surface area contributed by atoms with Crippen molar-refractivity contribution in [1.82, 2.24) is 4.90 Å². The van der Waals surface area contributed by atoms with E-state index < -0.39 is 0 Å². The number of aryl methyl sites for hydroxylation is 1. The zero-order chi connectivity index (χ0) is 13.4. The van der Waals surface area contributed by atoms with Crippen molar-refractivity contribution in [3.8, 4) is 0 Å². The third kappa shape index (κ3) is 2.42. The van der Waals surface area contributed by atoms with E-state index in [9.17, 15) is 10.1 Å². The lowest BCUT2D eigenvalue weighted by molar-refractivity contribution is -0.384. The Morgan fingerprint density at radius 3 is 2.95 bits per heavy atom. The number of nitro groups is 1. The highest BCUT2D eigenvalue weighted by molar-refractivity contribution is 5.63. The van der Waals surface area contributed by atoms with Crippen molar-refractivity contribution in [2.24, 2.45) is 5.92 Å². The number of benzene rings is 1. The lowest BCUT2D eigenvalue weighted by atomic mass is 9.94. The molecule has 2 bridgehead atoms. The molecule has 3 unspecified atom stereocenters. The highest BCUT2D eigenvalue weighted by atomic mass is 16.6. The van der Waals surface area contributed by atoms with Crippen LogP contribution in [0.1, 0.15) is 18.4 Å². The Morgan fingerprint density at radius 1 is 1.37 bits per heavy atom.